The quantitative estimate of drug-likeness (QED) is 0.389. The number of nitro groups is 2. The fourth-order valence-electron chi connectivity index (χ4n) is 0.929. The van der Waals surface area contributed by atoms with Gasteiger partial charge in [-0.2, -0.15) is 0 Å². The van der Waals surface area contributed by atoms with Gasteiger partial charge in [0.25, 0.3) is 11.4 Å². The SMILES string of the molecule is O=C(O)c1cc([N+](=O)[O-])cc([N+](=O)[O-])c1.[H-].[K+]. The van der Waals surface area contributed by atoms with Crippen molar-refractivity contribution in [1.82, 2.24) is 0 Å². The summed E-state index contributed by atoms with van der Waals surface area (Å²) in [6, 6.07) is 2.22. The molecule has 0 aliphatic carbocycles. The molecular weight excluding hydrogens is 247 g/mol. The van der Waals surface area contributed by atoms with Crippen LogP contribution in [0.1, 0.15) is 11.8 Å². The molecule has 1 aromatic carbocycles. The molecule has 0 spiro atoms. The van der Waals surface area contributed by atoms with Crippen LogP contribution in [-0.4, -0.2) is 20.9 Å². The van der Waals surface area contributed by atoms with E-state index in [1.807, 2.05) is 0 Å². The van der Waals surface area contributed by atoms with Gasteiger partial charge >= 0.3 is 57.4 Å². The van der Waals surface area contributed by atoms with E-state index in [9.17, 15) is 25.0 Å². The first-order valence-electron chi connectivity index (χ1n) is 3.59. The number of hydrogen-bond donors (Lipinski definition) is 1. The van der Waals surface area contributed by atoms with Gasteiger partial charge < -0.3 is 6.53 Å². The molecule has 0 aliphatic rings. The maximum absolute atomic E-state index is 10.5. The van der Waals surface area contributed by atoms with Gasteiger partial charge in [0, 0.05) is 12.1 Å². The molecule has 0 radical (unpaired) electrons. The molecule has 0 atom stereocenters. The van der Waals surface area contributed by atoms with Crippen LogP contribution in [0.25, 0.3) is 0 Å². The monoisotopic (exact) mass is 252 g/mol. The van der Waals surface area contributed by atoms with Crippen LogP contribution in [0, 0.1) is 20.2 Å². The molecule has 0 saturated heterocycles. The Labute approximate surface area is 132 Å². The number of aromatic carboxylic acids is 1. The van der Waals surface area contributed by atoms with Crippen molar-refractivity contribution >= 4 is 17.3 Å². The van der Waals surface area contributed by atoms with E-state index >= 15 is 0 Å². The molecule has 0 heterocycles. The van der Waals surface area contributed by atoms with Gasteiger partial charge in [0.1, 0.15) is 0 Å². The van der Waals surface area contributed by atoms with Crippen LogP contribution in [0.2, 0.25) is 0 Å². The second-order valence-corrected chi connectivity index (χ2v) is 2.56. The Morgan fingerprint density at radius 2 is 1.50 bits per heavy atom. The molecule has 16 heavy (non-hydrogen) atoms. The van der Waals surface area contributed by atoms with Crippen LogP contribution in [0.5, 0.6) is 0 Å². The summed E-state index contributed by atoms with van der Waals surface area (Å²) >= 11 is 0. The van der Waals surface area contributed by atoms with Gasteiger partial charge in [-0.05, 0) is 0 Å². The number of carboxylic acid groups (broad SMARTS) is 1. The van der Waals surface area contributed by atoms with Crippen molar-refractivity contribution < 1.29 is 72.6 Å². The number of nitrogens with zero attached hydrogens (tertiary/aromatic N) is 2. The number of non-ortho nitro benzene ring substituents is 2. The molecule has 0 saturated carbocycles. The molecule has 80 valence electrons. The second-order valence-electron chi connectivity index (χ2n) is 2.56. The van der Waals surface area contributed by atoms with Gasteiger partial charge in [-0.15, -0.1) is 0 Å². The van der Waals surface area contributed by atoms with Crippen molar-refractivity contribution in [3.63, 3.8) is 0 Å². The standard InChI is InChI=1S/C7H4N2O6.K.H/c10-7(11)4-1-5(8(12)13)3-6(2-4)9(14)15;;/h1-3H,(H,10,11);;/q;+1;-1. The summed E-state index contributed by atoms with van der Waals surface area (Å²) in [4.78, 5) is 29.4. The minimum Gasteiger partial charge on any atom is -1.00 e. The van der Waals surface area contributed by atoms with Crippen molar-refractivity contribution in [2.75, 3.05) is 0 Å². The van der Waals surface area contributed by atoms with Crippen LogP contribution in [0.4, 0.5) is 11.4 Å². The fraction of sp³-hybridized carbons (Fsp3) is 0. The zero-order chi connectivity index (χ0) is 11.6. The van der Waals surface area contributed by atoms with Gasteiger partial charge in [-0.3, -0.25) is 20.2 Å². The summed E-state index contributed by atoms with van der Waals surface area (Å²) in [6.07, 6.45) is 0. The third-order valence-electron chi connectivity index (χ3n) is 1.57. The van der Waals surface area contributed by atoms with E-state index in [1.54, 1.807) is 0 Å². The van der Waals surface area contributed by atoms with Gasteiger partial charge in [-0.25, -0.2) is 4.79 Å². The Morgan fingerprint density at radius 1 is 1.12 bits per heavy atom. The number of hydrogen-bond acceptors (Lipinski definition) is 5. The van der Waals surface area contributed by atoms with Crippen molar-refractivity contribution in [2.24, 2.45) is 0 Å². The van der Waals surface area contributed by atoms with Crippen LogP contribution in [-0.2, 0) is 0 Å². The third-order valence-corrected chi connectivity index (χ3v) is 1.57. The van der Waals surface area contributed by atoms with E-state index in [4.69, 9.17) is 5.11 Å². The first-order chi connectivity index (χ1) is 6.91. The second kappa shape index (κ2) is 6.01. The molecule has 1 aromatic rings. The average molecular weight is 252 g/mol. The number of carboxylic acids is 1. The summed E-state index contributed by atoms with van der Waals surface area (Å²) in [5.74, 6) is -1.46. The van der Waals surface area contributed by atoms with Gasteiger partial charge in [0.15, 0.2) is 0 Å². The minimum atomic E-state index is -1.46. The topological polar surface area (TPSA) is 124 Å². The molecule has 0 bridgehead atoms. The van der Waals surface area contributed by atoms with Crippen LogP contribution in [0.3, 0.4) is 0 Å². The first kappa shape index (κ1) is 15.1. The molecule has 0 amide bonds. The van der Waals surface area contributed by atoms with E-state index in [0.29, 0.717) is 6.07 Å². The maximum Gasteiger partial charge on any atom is 1.00 e. The van der Waals surface area contributed by atoms with Crippen molar-refractivity contribution in [2.45, 2.75) is 0 Å². The average Bonchev–Trinajstić information content (AvgIpc) is 2.16. The summed E-state index contributed by atoms with van der Waals surface area (Å²) in [5, 5.41) is 29.2. The van der Waals surface area contributed by atoms with E-state index in [1.165, 1.54) is 0 Å². The van der Waals surface area contributed by atoms with E-state index in [2.05, 4.69) is 0 Å². The smallest absolute Gasteiger partial charge is 1.00 e. The molecule has 0 aromatic heterocycles. The summed E-state index contributed by atoms with van der Waals surface area (Å²) in [6.45, 7) is 0. The Balaban J connectivity index is 0. The summed E-state index contributed by atoms with van der Waals surface area (Å²) in [7, 11) is 0. The largest absolute Gasteiger partial charge is 1.00 e. The number of nitro benzene ring substituents is 2. The van der Waals surface area contributed by atoms with E-state index < -0.39 is 32.8 Å². The predicted octanol–water partition coefficient (Wildman–Crippen LogP) is -1.68. The normalized spacial score (nSPS) is 9.00. The van der Waals surface area contributed by atoms with Gasteiger partial charge in [0.2, 0.25) is 0 Å². The van der Waals surface area contributed by atoms with Crippen molar-refractivity contribution in [1.29, 1.82) is 0 Å². The van der Waals surface area contributed by atoms with Crippen molar-refractivity contribution in [3.05, 3.63) is 44.0 Å². The molecule has 8 nitrogen and oxygen atoms in total. The van der Waals surface area contributed by atoms with Crippen LogP contribution < -0.4 is 51.4 Å². The zero-order valence-corrected chi connectivity index (χ0v) is 11.2. The Morgan fingerprint density at radius 3 is 1.75 bits per heavy atom. The minimum absolute atomic E-state index is 0. The Hall–Kier alpha value is -0.874. The molecular formula is C7H5KN2O6. The molecule has 1 N–H and O–H groups in total. The van der Waals surface area contributed by atoms with Gasteiger partial charge in [0.05, 0.1) is 21.5 Å². The third kappa shape index (κ3) is 3.61. The van der Waals surface area contributed by atoms with Crippen molar-refractivity contribution in [3.8, 4) is 0 Å². The van der Waals surface area contributed by atoms with E-state index in [0.717, 1.165) is 12.1 Å². The maximum atomic E-state index is 10.5. The molecule has 0 aliphatic heterocycles. The summed E-state index contributed by atoms with van der Waals surface area (Å²) < 4.78 is 0. The molecule has 0 unspecified atom stereocenters. The Kier molecular flexibility index (Phi) is 5.68. The summed E-state index contributed by atoms with van der Waals surface area (Å²) in [5.41, 5.74) is -1.74. The fourth-order valence-corrected chi connectivity index (χ4v) is 0.929. The number of rotatable bonds is 3. The molecule has 9 heteroatoms. The number of benzene rings is 1. The van der Waals surface area contributed by atoms with Gasteiger partial charge in [-0.1, -0.05) is 0 Å². The van der Waals surface area contributed by atoms with Crippen LogP contribution >= 0.6 is 0 Å². The zero-order valence-electron chi connectivity index (χ0n) is 9.11. The molecule has 0 fully saturated rings. The van der Waals surface area contributed by atoms with Crippen LogP contribution in [0.15, 0.2) is 18.2 Å². The first-order valence-corrected chi connectivity index (χ1v) is 3.59. The van der Waals surface area contributed by atoms with E-state index in [-0.39, 0.29) is 52.8 Å². The Bertz CT molecular complexity index is 387. The molecule has 1 rings (SSSR count). The predicted molar refractivity (Wildman–Crippen MR) is 47.8 cm³/mol. The number of carbonyl (C=O) groups is 1.